The van der Waals surface area contributed by atoms with Crippen molar-refractivity contribution in [2.24, 2.45) is 0 Å². The van der Waals surface area contributed by atoms with Gasteiger partial charge in [-0.2, -0.15) is 0 Å². The molecule has 2 amide bonds. The number of carbonyl (C=O) groups is 3. The van der Waals surface area contributed by atoms with Crippen LogP contribution >= 0.6 is 0 Å². The lowest BCUT2D eigenvalue weighted by atomic mass is 10.2. The summed E-state index contributed by atoms with van der Waals surface area (Å²) in [5.41, 5.74) is 0. The third-order valence-corrected chi connectivity index (χ3v) is 3.00. The Kier molecular flexibility index (Phi) is 19.3. The molecule has 140 valence electrons. The van der Waals surface area contributed by atoms with Crippen LogP contribution in [-0.2, 0) is 19.1 Å². The largest absolute Gasteiger partial charge is 0.385 e. The van der Waals surface area contributed by atoms with Crippen LogP contribution in [-0.4, -0.2) is 44.4 Å². The van der Waals surface area contributed by atoms with E-state index in [1.54, 1.807) is 7.11 Å². The van der Waals surface area contributed by atoms with Crippen LogP contribution in [0, 0.1) is 0 Å². The quantitative estimate of drug-likeness (QED) is 0.507. The van der Waals surface area contributed by atoms with Gasteiger partial charge in [-0.25, -0.2) is 0 Å². The van der Waals surface area contributed by atoms with Gasteiger partial charge in [0.1, 0.15) is 5.78 Å². The number of carbonyl (C=O) groups excluding carboxylic acids is 3. The van der Waals surface area contributed by atoms with E-state index in [1.807, 2.05) is 20.8 Å². The van der Waals surface area contributed by atoms with Crippen molar-refractivity contribution >= 4 is 17.6 Å². The molecule has 0 aromatic rings. The van der Waals surface area contributed by atoms with E-state index >= 15 is 0 Å². The molecule has 6 heteroatoms. The number of hydrogen-bond donors (Lipinski definition) is 2. The number of rotatable bonds is 13. The molecule has 0 rings (SSSR count). The van der Waals surface area contributed by atoms with Gasteiger partial charge in [-0.1, -0.05) is 20.8 Å². The van der Waals surface area contributed by atoms with Gasteiger partial charge in [-0.15, -0.1) is 0 Å². The Morgan fingerprint density at radius 2 is 1.39 bits per heavy atom. The van der Waals surface area contributed by atoms with Gasteiger partial charge in [0.15, 0.2) is 0 Å². The molecule has 0 bridgehead atoms. The van der Waals surface area contributed by atoms with Gasteiger partial charge in [0.25, 0.3) is 0 Å². The van der Waals surface area contributed by atoms with Crippen LogP contribution in [0.25, 0.3) is 0 Å². The average Bonchev–Trinajstić information content (AvgIpc) is 2.57. The highest BCUT2D eigenvalue weighted by Crippen LogP contribution is 1.97. The third-order valence-electron chi connectivity index (χ3n) is 3.00. The van der Waals surface area contributed by atoms with Crippen molar-refractivity contribution in [3.05, 3.63) is 0 Å². The van der Waals surface area contributed by atoms with Crippen molar-refractivity contribution in [1.29, 1.82) is 0 Å². The summed E-state index contributed by atoms with van der Waals surface area (Å²) < 4.78 is 4.88. The molecule has 0 radical (unpaired) electrons. The van der Waals surface area contributed by atoms with Crippen LogP contribution < -0.4 is 10.6 Å². The first-order chi connectivity index (χ1) is 11.1. The standard InChI is InChI=1S/C15H28N2O4.C2H6.2H2/c1-3-13(18)7-5-10-16-14(19)8-4-9-15(20)17-11-6-12-21-2;1-2;;/h3-12H2,1-2H3,(H,16,19)(H,17,20);1-2H3;2*1H. The fraction of sp³-hybridized carbons (Fsp3) is 0.824. The predicted molar refractivity (Wildman–Crippen MR) is 96.5 cm³/mol. The van der Waals surface area contributed by atoms with Crippen LogP contribution in [0.5, 0.6) is 0 Å². The minimum atomic E-state index is -0.0638. The number of hydrogen-bond acceptors (Lipinski definition) is 4. The van der Waals surface area contributed by atoms with Crippen LogP contribution in [0.4, 0.5) is 0 Å². The first kappa shape index (κ1) is 23.8. The number of ether oxygens (including phenoxy) is 1. The average molecular weight is 335 g/mol. The third kappa shape index (κ3) is 18.5. The number of Topliss-reactive ketones (excluding diaryl/α,β-unsaturated/α-hetero) is 1. The van der Waals surface area contributed by atoms with Crippen LogP contribution in [0.1, 0.15) is 68.6 Å². The zero-order chi connectivity index (χ0) is 17.9. The summed E-state index contributed by atoms with van der Waals surface area (Å²) >= 11 is 0. The lowest BCUT2D eigenvalue weighted by Gasteiger charge is -2.06. The molecule has 0 saturated carbocycles. The molecule has 6 nitrogen and oxygen atoms in total. The molecule has 0 aromatic carbocycles. The molecule has 0 saturated heterocycles. The molecule has 0 spiro atoms. The molecule has 0 atom stereocenters. The molecule has 0 aliphatic rings. The second kappa shape index (κ2) is 18.6. The van der Waals surface area contributed by atoms with E-state index in [1.165, 1.54) is 0 Å². The Labute approximate surface area is 143 Å². The van der Waals surface area contributed by atoms with E-state index in [-0.39, 0.29) is 20.5 Å². The van der Waals surface area contributed by atoms with Gasteiger partial charge in [0, 0.05) is 55.3 Å². The molecule has 0 aromatic heterocycles. The highest BCUT2D eigenvalue weighted by Gasteiger charge is 2.05. The summed E-state index contributed by atoms with van der Waals surface area (Å²) in [4.78, 5) is 34.0. The minimum Gasteiger partial charge on any atom is -0.385 e. The number of amides is 2. The Bertz CT molecular complexity index is 330. The summed E-state index contributed by atoms with van der Waals surface area (Å²) in [5, 5.41) is 5.53. The van der Waals surface area contributed by atoms with Gasteiger partial charge < -0.3 is 15.4 Å². The first-order valence-electron chi connectivity index (χ1n) is 8.64. The maximum Gasteiger partial charge on any atom is 0.220 e. The molecular weight excluding hydrogens is 296 g/mol. The Balaban J connectivity index is -0.000000530. The van der Waals surface area contributed by atoms with Crippen molar-refractivity contribution in [3.63, 3.8) is 0 Å². The SMILES string of the molecule is CC.CCC(=O)CCCNC(=O)CCCC(=O)NCCCOC.[HH].[HH]. The van der Waals surface area contributed by atoms with Crippen LogP contribution in [0.2, 0.25) is 0 Å². The molecular formula is C17H38N2O4. The summed E-state index contributed by atoms with van der Waals surface area (Å²) in [6.07, 6.45) is 3.77. The first-order valence-corrected chi connectivity index (χ1v) is 8.64. The van der Waals surface area contributed by atoms with Gasteiger partial charge >= 0.3 is 0 Å². The second-order valence-electron chi connectivity index (χ2n) is 4.90. The molecule has 0 aliphatic carbocycles. The van der Waals surface area contributed by atoms with Crippen molar-refractivity contribution in [2.45, 2.75) is 65.7 Å². The summed E-state index contributed by atoms with van der Waals surface area (Å²) in [6, 6.07) is 0. The zero-order valence-corrected chi connectivity index (χ0v) is 15.2. The molecule has 2 N–H and O–H groups in total. The minimum absolute atomic E-state index is 0. The topological polar surface area (TPSA) is 84.5 Å². The predicted octanol–water partition coefficient (Wildman–Crippen LogP) is 2.70. The van der Waals surface area contributed by atoms with E-state index in [2.05, 4.69) is 10.6 Å². The van der Waals surface area contributed by atoms with Gasteiger partial charge in [0.2, 0.25) is 11.8 Å². The summed E-state index contributed by atoms with van der Waals surface area (Å²) in [7, 11) is 1.62. The zero-order valence-electron chi connectivity index (χ0n) is 15.2. The van der Waals surface area contributed by atoms with E-state index in [0.717, 1.165) is 6.42 Å². The van der Waals surface area contributed by atoms with Gasteiger partial charge in [-0.05, 0) is 19.3 Å². The lowest BCUT2D eigenvalue weighted by molar-refractivity contribution is -0.123. The normalized spacial score (nSPS) is 9.57. The van der Waals surface area contributed by atoms with E-state index in [9.17, 15) is 14.4 Å². The van der Waals surface area contributed by atoms with Crippen LogP contribution in [0.15, 0.2) is 0 Å². The fourth-order valence-corrected chi connectivity index (χ4v) is 1.72. The number of ketones is 1. The van der Waals surface area contributed by atoms with Crippen molar-refractivity contribution in [2.75, 3.05) is 26.8 Å². The highest BCUT2D eigenvalue weighted by atomic mass is 16.5. The van der Waals surface area contributed by atoms with E-state index < -0.39 is 0 Å². The number of nitrogens with one attached hydrogen (secondary N) is 2. The Hall–Kier alpha value is -1.43. The Morgan fingerprint density at radius 1 is 0.870 bits per heavy atom. The van der Waals surface area contributed by atoms with E-state index in [4.69, 9.17) is 4.74 Å². The van der Waals surface area contributed by atoms with Crippen LogP contribution in [0.3, 0.4) is 0 Å². The maximum atomic E-state index is 11.5. The monoisotopic (exact) mass is 334 g/mol. The van der Waals surface area contributed by atoms with Crippen molar-refractivity contribution < 1.29 is 22.0 Å². The second-order valence-corrected chi connectivity index (χ2v) is 4.90. The van der Waals surface area contributed by atoms with Gasteiger partial charge in [0.05, 0.1) is 0 Å². The highest BCUT2D eigenvalue weighted by molar-refractivity contribution is 5.79. The smallest absolute Gasteiger partial charge is 0.220 e. The maximum absolute atomic E-state index is 11.5. The van der Waals surface area contributed by atoms with Gasteiger partial charge in [-0.3, -0.25) is 14.4 Å². The Morgan fingerprint density at radius 3 is 1.87 bits per heavy atom. The fourth-order valence-electron chi connectivity index (χ4n) is 1.72. The number of methoxy groups -OCH3 is 1. The van der Waals surface area contributed by atoms with Crippen molar-refractivity contribution in [3.8, 4) is 0 Å². The lowest BCUT2D eigenvalue weighted by Crippen LogP contribution is -2.27. The van der Waals surface area contributed by atoms with E-state index in [0.29, 0.717) is 58.2 Å². The molecule has 0 aliphatic heterocycles. The molecule has 0 heterocycles. The summed E-state index contributed by atoms with van der Waals surface area (Å²) in [6.45, 7) is 7.59. The molecule has 23 heavy (non-hydrogen) atoms. The molecule has 0 fully saturated rings. The summed E-state index contributed by atoms with van der Waals surface area (Å²) in [5.74, 6) is 0.118. The van der Waals surface area contributed by atoms with Crippen molar-refractivity contribution in [1.82, 2.24) is 10.6 Å². The molecule has 0 unspecified atom stereocenters.